The predicted octanol–water partition coefficient (Wildman–Crippen LogP) is 3.43. The van der Waals surface area contributed by atoms with Gasteiger partial charge in [0.1, 0.15) is 29.5 Å². The van der Waals surface area contributed by atoms with E-state index in [9.17, 15) is 4.39 Å². The number of ether oxygens (including phenoxy) is 1. The standard InChI is InChI=1S/C17H13FN6O/c1-24-5-4-16(23-24)22-17-14-7-12(2-3-15(14)20-10-21-17)25-13-6-11(18)8-19-9-13/h2-10H,1H3,(H,20,21,22,23). The summed E-state index contributed by atoms with van der Waals surface area (Å²) in [5.74, 6) is 1.66. The normalized spacial score (nSPS) is 10.8. The van der Waals surface area contributed by atoms with E-state index in [1.54, 1.807) is 16.8 Å². The largest absolute Gasteiger partial charge is 0.456 e. The van der Waals surface area contributed by atoms with Gasteiger partial charge in [-0.05, 0) is 18.2 Å². The molecule has 0 bridgehead atoms. The molecule has 0 amide bonds. The molecule has 7 nitrogen and oxygen atoms in total. The number of aromatic nitrogens is 5. The lowest BCUT2D eigenvalue weighted by atomic mass is 10.2. The topological polar surface area (TPSA) is 77.8 Å². The number of nitrogens with zero attached hydrogens (tertiary/aromatic N) is 5. The zero-order valence-electron chi connectivity index (χ0n) is 13.2. The Labute approximate surface area is 142 Å². The van der Waals surface area contributed by atoms with Crippen LogP contribution in [-0.4, -0.2) is 24.7 Å². The van der Waals surface area contributed by atoms with E-state index in [2.05, 4.69) is 25.4 Å². The van der Waals surface area contributed by atoms with E-state index in [-0.39, 0.29) is 0 Å². The molecule has 4 rings (SSSR count). The van der Waals surface area contributed by atoms with Crippen LogP contribution in [0, 0.1) is 5.82 Å². The van der Waals surface area contributed by atoms with Gasteiger partial charge in [-0.25, -0.2) is 14.4 Å². The molecule has 0 aliphatic rings. The second-order valence-corrected chi connectivity index (χ2v) is 5.34. The SMILES string of the molecule is Cn1ccc(Nc2ncnc3ccc(Oc4cncc(F)c4)cc23)n1. The lowest BCUT2D eigenvalue weighted by molar-refractivity contribution is 0.474. The quantitative estimate of drug-likeness (QED) is 0.615. The Morgan fingerprint density at radius 3 is 2.80 bits per heavy atom. The van der Waals surface area contributed by atoms with Gasteiger partial charge in [0.15, 0.2) is 5.82 Å². The molecule has 25 heavy (non-hydrogen) atoms. The minimum Gasteiger partial charge on any atom is -0.456 e. The van der Waals surface area contributed by atoms with Gasteiger partial charge in [0.25, 0.3) is 0 Å². The highest BCUT2D eigenvalue weighted by Gasteiger charge is 2.08. The third-order valence-corrected chi connectivity index (χ3v) is 3.48. The number of benzene rings is 1. The van der Waals surface area contributed by atoms with Gasteiger partial charge >= 0.3 is 0 Å². The van der Waals surface area contributed by atoms with E-state index in [1.807, 2.05) is 25.4 Å². The van der Waals surface area contributed by atoms with Crippen LogP contribution in [0.5, 0.6) is 11.5 Å². The molecule has 0 aliphatic heterocycles. The molecule has 0 radical (unpaired) electrons. The maximum atomic E-state index is 13.2. The van der Waals surface area contributed by atoms with Crippen LogP contribution in [0.15, 0.2) is 55.2 Å². The number of pyridine rings is 1. The summed E-state index contributed by atoms with van der Waals surface area (Å²) in [6, 6.07) is 8.46. The molecule has 4 aromatic rings. The first-order chi connectivity index (χ1) is 12.2. The summed E-state index contributed by atoms with van der Waals surface area (Å²) in [5, 5.41) is 8.19. The first-order valence-corrected chi connectivity index (χ1v) is 7.47. The van der Waals surface area contributed by atoms with E-state index in [4.69, 9.17) is 4.74 Å². The highest BCUT2D eigenvalue weighted by molar-refractivity contribution is 5.91. The number of anilines is 2. The van der Waals surface area contributed by atoms with E-state index >= 15 is 0 Å². The Kier molecular flexibility index (Phi) is 3.70. The first-order valence-electron chi connectivity index (χ1n) is 7.47. The van der Waals surface area contributed by atoms with E-state index in [1.165, 1.54) is 18.6 Å². The van der Waals surface area contributed by atoms with Crippen LogP contribution in [0.4, 0.5) is 16.0 Å². The minimum absolute atomic E-state index is 0.315. The first kappa shape index (κ1) is 15.0. The molecular weight excluding hydrogens is 323 g/mol. The van der Waals surface area contributed by atoms with Gasteiger partial charge in [0.2, 0.25) is 0 Å². The number of hydrogen-bond acceptors (Lipinski definition) is 6. The predicted molar refractivity (Wildman–Crippen MR) is 90.3 cm³/mol. The molecule has 0 saturated heterocycles. The number of fused-ring (bicyclic) bond motifs is 1. The maximum absolute atomic E-state index is 13.2. The van der Waals surface area contributed by atoms with E-state index in [0.29, 0.717) is 23.1 Å². The van der Waals surface area contributed by atoms with Crippen LogP contribution < -0.4 is 10.1 Å². The third kappa shape index (κ3) is 3.23. The zero-order chi connectivity index (χ0) is 17.2. The van der Waals surface area contributed by atoms with Crippen molar-refractivity contribution in [3.8, 4) is 11.5 Å². The highest BCUT2D eigenvalue weighted by atomic mass is 19.1. The lowest BCUT2D eigenvalue weighted by Gasteiger charge is -2.09. The van der Waals surface area contributed by atoms with Gasteiger partial charge in [-0.1, -0.05) is 0 Å². The number of aryl methyl sites for hydroxylation is 1. The molecule has 0 atom stereocenters. The van der Waals surface area contributed by atoms with E-state index in [0.717, 1.165) is 17.1 Å². The molecule has 0 unspecified atom stereocenters. The van der Waals surface area contributed by atoms with Gasteiger partial charge in [-0.15, -0.1) is 0 Å². The molecule has 1 N–H and O–H groups in total. The minimum atomic E-state index is -0.459. The van der Waals surface area contributed by atoms with Crippen LogP contribution in [0.25, 0.3) is 10.9 Å². The van der Waals surface area contributed by atoms with Crippen molar-refractivity contribution in [2.24, 2.45) is 7.05 Å². The van der Waals surface area contributed by atoms with Crippen molar-refractivity contribution in [1.82, 2.24) is 24.7 Å². The fourth-order valence-corrected chi connectivity index (χ4v) is 2.39. The molecule has 8 heteroatoms. The highest BCUT2D eigenvalue weighted by Crippen LogP contribution is 2.28. The van der Waals surface area contributed by atoms with Crippen molar-refractivity contribution >= 4 is 22.5 Å². The fourth-order valence-electron chi connectivity index (χ4n) is 2.39. The monoisotopic (exact) mass is 336 g/mol. The van der Waals surface area contributed by atoms with Crippen LogP contribution in [0.1, 0.15) is 0 Å². The van der Waals surface area contributed by atoms with Crippen LogP contribution in [0.2, 0.25) is 0 Å². The van der Waals surface area contributed by atoms with Crippen LogP contribution in [0.3, 0.4) is 0 Å². The molecular formula is C17H13FN6O. The maximum Gasteiger partial charge on any atom is 0.153 e. The average Bonchev–Trinajstić information content (AvgIpc) is 3.00. The summed E-state index contributed by atoms with van der Waals surface area (Å²) >= 11 is 0. The Morgan fingerprint density at radius 2 is 2.00 bits per heavy atom. The van der Waals surface area contributed by atoms with Crippen molar-refractivity contribution in [3.05, 3.63) is 61.1 Å². The van der Waals surface area contributed by atoms with Crippen molar-refractivity contribution in [2.75, 3.05) is 5.32 Å². The van der Waals surface area contributed by atoms with Gasteiger partial charge in [0.05, 0.1) is 17.9 Å². The number of hydrogen-bond donors (Lipinski definition) is 1. The fraction of sp³-hybridized carbons (Fsp3) is 0.0588. The molecule has 0 spiro atoms. The van der Waals surface area contributed by atoms with Crippen molar-refractivity contribution in [2.45, 2.75) is 0 Å². The van der Waals surface area contributed by atoms with Gasteiger partial charge < -0.3 is 10.1 Å². The number of halogens is 1. The summed E-state index contributed by atoms with van der Waals surface area (Å²) in [6.07, 6.45) is 5.87. The Balaban J connectivity index is 1.69. The Bertz CT molecular complexity index is 1050. The van der Waals surface area contributed by atoms with E-state index < -0.39 is 5.82 Å². The second-order valence-electron chi connectivity index (χ2n) is 5.34. The molecule has 3 aromatic heterocycles. The molecule has 0 fully saturated rings. The number of nitrogens with one attached hydrogen (secondary N) is 1. The van der Waals surface area contributed by atoms with Gasteiger partial charge in [-0.3, -0.25) is 9.67 Å². The van der Waals surface area contributed by atoms with Crippen molar-refractivity contribution in [3.63, 3.8) is 0 Å². The van der Waals surface area contributed by atoms with Crippen LogP contribution in [-0.2, 0) is 7.05 Å². The molecule has 0 saturated carbocycles. The smallest absolute Gasteiger partial charge is 0.153 e. The van der Waals surface area contributed by atoms with Gasteiger partial charge in [-0.2, -0.15) is 5.10 Å². The van der Waals surface area contributed by atoms with Crippen LogP contribution >= 0.6 is 0 Å². The van der Waals surface area contributed by atoms with Crippen molar-refractivity contribution < 1.29 is 9.13 Å². The summed E-state index contributed by atoms with van der Waals surface area (Å²) in [6.45, 7) is 0. The molecule has 0 aliphatic carbocycles. The molecule has 124 valence electrons. The van der Waals surface area contributed by atoms with Crippen molar-refractivity contribution in [1.29, 1.82) is 0 Å². The third-order valence-electron chi connectivity index (χ3n) is 3.48. The zero-order valence-corrected chi connectivity index (χ0v) is 13.2. The van der Waals surface area contributed by atoms with Gasteiger partial charge in [0, 0.05) is 30.8 Å². The Morgan fingerprint density at radius 1 is 1.08 bits per heavy atom. The molecule has 1 aromatic carbocycles. The molecule has 3 heterocycles. The number of rotatable bonds is 4. The average molecular weight is 336 g/mol. The summed E-state index contributed by atoms with van der Waals surface area (Å²) in [5.41, 5.74) is 0.748. The summed E-state index contributed by atoms with van der Waals surface area (Å²) < 4.78 is 20.6. The Hall–Kier alpha value is -3.55. The summed E-state index contributed by atoms with van der Waals surface area (Å²) in [4.78, 5) is 12.3. The second kappa shape index (κ2) is 6.16. The lowest BCUT2D eigenvalue weighted by Crippen LogP contribution is -1.98. The summed E-state index contributed by atoms with van der Waals surface area (Å²) in [7, 11) is 1.84.